The quantitative estimate of drug-likeness (QED) is 0.522. The van der Waals surface area contributed by atoms with Crippen LogP contribution in [0.3, 0.4) is 0 Å². The molecule has 2 aromatic carbocycles. The number of aryl methyl sites for hydroxylation is 1. The SMILES string of the molecule is Cc1nc(NCc2cc(C(C)C)no2)c2c(-c3ccccc3)cccc2n1. The average Bonchev–Trinajstić information content (AvgIpc) is 3.15. The Morgan fingerprint density at radius 2 is 1.81 bits per heavy atom. The van der Waals surface area contributed by atoms with Crippen molar-refractivity contribution < 1.29 is 4.52 Å². The molecule has 0 aliphatic rings. The maximum atomic E-state index is 5.45. The van der Waals surface area contributed by atoms with Crippen molar-refractivity contribution in [1.29, 1.82) is 0 Å². The van der Waals surface area contributed by atoms with Gasteiger partial charge < -0.3 is 9.84 Å². The molecular weight excluding hydrogens is 336 g/mol. The molecule has 0 saturated carbocycles. The van der Waals surface area contributed by atoms with E-state index in [0.717, 1.165) is 45.1 Å². The van der Waals surface area contributed by atoms with Gasteiger partial charge >= 0.3 is 0 Å². The molecule has 0 aliphatic carbocycles. The molecule has 0 bridgehead atoms. The molecule has 4 rings (SSSR count). The van der Waals surface area contributed by atoms with Gasteiger partial charge in [-0.15, -0.1) is 0 Å². The maximum absolute atomic E-state index is 5.45. The van der Waals surface area contributed by atoms with Crippen LogP contribution < -0.4 is 5.32 Å². The van der Waals surface area contributed by atoms with E-state index in [1.54, 1.807) is 0 Å². The molecule has 0 aliphatic heterocycles. The number of benzene rings is 2. The van der Waals surface area contributed by atoms with Crippen LogP contribution in [-0.2, 0) is 6.54 Å². The molecule has 0 radical (unpaired) electrons. The highest BCUT2D eigenvalue weighted by Gasteiger charge is 2.13. The van der Waals surface area contributed by atoms with Gasteiger partial charge in [-0.2, -0.15) is 0 Å². The van der Waals surface area contributed by atoms with Gasteiger partial charge in [-0.25, -0.2) is 9.97 Å². The zero-order chi connectivity index (χ0) is 18.8. The lowest BCUT2D eigenvalue weighted by Crippen LogP contribution is -2.04. The maximum Gasteiger partial charge on any atom is 0.156 e. The highest BCUT2D eigenvalue weighted by atomic mass is 16.5. The summed E-state index contributed by atoms with van der Waals surface area (Å²) in [5.41, 5.74) is 4.13. The third kappa shape index (κ3) is 3.53. The summed E-state index contributed by atoms with van der Waals surface area (Å²) in [5, 5.41) is 8.56. The number of aromatic nitrogens is 3. The largest absolute Gasteiger partial charge is 0.362 e. The second kappa shape index (κ2) is 7.19. The van der Waals surface area contributed by atoms with Gasteiger partial charge in [-0.05, 0) is 30.0 Å². The van der Waals surface area contributed by atoms with Crippen molar-refractivity contribution in [2.75, 3.05) is 5.32 Å². The van der Waals surface area contributed by atoms with Crippen molar-refractivity contribution in [2.24, 2.45) is 0 Å². The molecule has 2 aromatic heterocycles. The molecular formula is C22H22N4O. The van der Waals surface area contributed by atoms with Crippen LogP contribution in [0.4, 0.5) is 5.82 Å². The molecule has 5 nitrogen and oxygen atoms in total. The molecule has 0 atom stereocenters. The molecule has 0 saturated heterocycles. The van der Waals surface area contributed by atoms with Crippen LogP contribution in [0.1, 0.15) is 37.0 Å². The summed E-state index contributed by atoms with van der Waals surface area (Å²) in [6.45, 7) is 6.63. The van der Waals surface area contributed by atoms with Crippen LogP contribution in [0.25, 0.3) is 22.0 Å². The Labute approximate surface area is 158 Å². The number of hydrogen-bond donors (Lipinski definition) is 1. The van der Waals surface area contributed by atoms with E-state index in [1.165, 1.54) is 0 Å². The van der Waals surface area contributed by atoms with Crippen LogP contribution in [0.15, 0.2) is 59.1 Å². The van der Waals surface area contributed by atoms with E-state index in [-0.39, 0.29) is 0 Å². The van der Waals surface area contributed by atoms with Crippen molar-refractivity contribution in [2.45, 2.75) is 33.2 Å². The van der Waals surface area contributed by atoms with Crippen LogP contribution in [-0.4, -0.2) is 15.1 Å². The number of hydrogen-bond acceptors (Lipinski definition) is 5. The number of fused-ring (bicyclic) bond motifs is 1. The summed E-state index contributed by atoms with van der Waals surface area (Å²) < 4.78 is 5.45. The fraction of sp³-hybridized carbons (Fsp3) is 0.227. The summed E-state index contributed by atoms with van der Waals surface area (Å²) in [6.07, 6.45) is 0. The predicted molar refractivity (Wildman–Crippen MR) is 108 cm³/mol. The van der Waals surface area contributed by atoms with Gasteiger partial charge in [0, 0.05) is 6.07 Å². The zero-order valence-electron chi connectivity index (χ0n) is 15.7. The third-order valence-electron chi connectivity index (χ3n) is 4.52. The van der Waals surface area contributed by atoms with Gasteiger partial charge in [0.25, 0.3) is 0 Å². The fourth-order valence-corrected chi connectivity index (χ4v) is 3.14. The monoisotopic (exact) mass is 358 g/mol. The third-order valence-corrected chi connectivity index (χ3v) is 4.52. The Bertz CT molecular complexity index is 1070. The number of rotatable bonds is 5. The summed E-state index contributed by atoms with van der Waals surface area (Å²) >= 11 is 0. The van der Waals surface area contributed by atoms with Gasteiger partial charge in [0.05, 0.1) is 23.1 Å². The summed E-state index contributed by atoms with van der Waals surface area (Å²) in [6, 6.07) is 18.5. The van der Waals surface area contributed by atoms with E-state index in [4.69, 9.17) is 4.52 Å². The second-order valence-electron chi connectivity index (χ2n) is 6.91. The average molecular weight is 358 g/mol. The molecule has 2 heterocycles. The van der Waals surface area contributed by atoms with Crippen LogP contribution in [0, 0.1) is 6.92 Å². The Hall–Kier alpha value is -3.21. The first-order valence-corrected chi connectivity index (χ1v) is 9.14. The second-order valence-corrected chi connectivity index (χ2v) is 6.91. The van der Waals surface area contributed by atoms with Gasteiger partial charge in [0.1, 0.15) is 11.6 Å². The molecule has 4 aromatic rings. The highest BCUT2D eigenvalue weighted by Crippen LogP contribution is 2.32. The Balaban J connectivity index is 1.75. The first-order valence-electron chi connectivity index (χ1n) is 9.14. The molecule has 5 heteroatoms. The number of nitrogens with zero attached hydrogens (tertiary/aromatic N) is 3. The van der Waals surface area contributed by atoms with E-state index in [2.05, 4.69) is 52.5 Å². The van der Waals surface area contributed by atoms with Gasteiger partial charge in [0.15, 0.2) is 5.76 Å². The molecule has 136 valence electrons. The predicted octanol–water partition coefficient (Wildman–Crippen LogP) is 5.33. The first kappa shape index (κ1) is 17.2. The van der Waals surface area contributed by atoms with E-state index in [1.807, 2.05) is 43.3 Å². The molecule has 0 amide bonds. The van der Waals surface area contributed by atoms with Gasteiger partial charge in [-0.1, -0.05) is 61.5 Å². The lowest BCUT2D eigenvalue weighted by molar-refractivity contribution is 0.379. The van der Waals surface area contributed by atoms with Crippen molar-refractivity contribution in [3.8, 4) is 11.1 Å². The van der Waals surface area contributed by atoms with Crippen LogP contribution in [0.2, 0.25) is 0 Å². The lowest BCUT2D eigenvalue weighted by Gasteiger charge is -2.12. The fourth-order valence-electron chi connectivity index (χ4n) is 3.14. The standard InChI is InChI=1S/C22H22N4O/c1-14(2)20-12-17(27-26-20)13-23-22-21-18(16-8-5-4-6-9-16)10-7-11-19(21)24-15(3)25-22/h4-12,14H,13H2,1-3H3,(H,23,24,25). The molecule has 0 unspecified atom stereocenters. The molecule has 0 fully saturated rings. The Morgan fingerprint density at radius 1 is 1.00 bits per heavy atom. The van der Waals surface area contributed by atoms with Crippen molar-refractivity contribution >= 4 is 16.7 Å². The summed E-state index contributed by atoms with van der Waals surface area (Å²) in [4.78, 5) is 9.28. The molecule has 27 heavy (non-hydrogen) atoms. The molecule has 0 spiro atoms. The van der Waals surface area contributed by atoms with Crippen LogP contribution in [0.5, 0.6) is 0 Å². The lowest BCUT2D eigenvalue weighted by atomic mass is 10.0. The van der Waals surface area contributed by atoms with Crippen LogP contribution >= 0.6 is 0 Å². The smallest absolute Gasteiger partial charge is 0.156 e. The van der Waals surface area contributed by atoms with Crippen molar-refractivity contribution in [3.05, 3.63) is 71.9 Å². The van der Waals surface area contributed by atoms with Gasteiger partial charge in [0.2, 0.25) is 0 Å². The normalized spacial score (nSPS) is 11.3. The van der Waals surface area contributed by atoms with E-state index < -0.39 is 0 Å². The summed E-state index contributed by atoms with van der Waals surface area (Å²) in [5.74, 6) is 2.67. The number of anilines is 1. The van der Waals surface area contributed by atoms with Crippen molar-refractivity contribution in [1.82, 2.24) is 15.1 Å². The van der Waals surface area contributed by atoms with Crippen molar-refractivity contribution in [3.63, 3.8) is 0 Å². The minimum atomic E-state index is 0.342. The van der Waals surface area contributed by atoms with E-state index in [0.29, 0.717) is 12.5 Å². The minimum absolute atomic E-state index is 0.342. The first-order chi connectivity index (χ1) is 13.1. The summed E-state index contributed by atoms with van der Waals surface area (Å²) in [7, 11) is 0. The minimum Gasteiger partial charge on any atom is -0.362 e. The number of nitrogens with one attached hydrogen (secondary N) is 1. The molecule has 1 N–H and O–H groups in total. The van der Waals surface area contributed by atoms with Gasteiger partial charge in [-0.3, -0.25) is 0 Å². The Kier molecular flexibility index (Phi) is 4.59. The topological polar surface area (TPSA) is 63.8 Å². The zero-order valence-corrected chi connectivity index (χ0v) is 15.7. The highest BCUT2D eigenvalue weighted by molar-refractivity contribution is 6.01. The Morgan fingerprint density at radius 3 is 2.56 bits per heavy atom. The van der Waals surface area contributed by atoms with E-state index >= 15 is 0 Å². The van der Waals surface area contributed by atoms with E-state index in [9.17, 15) is 0 Å².